The molecule has 5 heteroatoms. The van der Waals surface area contributed by atoms with E-state index >= 15 is 0 Å². The van der Waals surface area contributed by atoms with Crippen LogP contribution in [0, 0.1) is 0 Å². The highest BCUT2D eigenvalue weighted by Gasteiger charge is 2.26. The van der Waals surface area contributed by atoms with Gasteiger partial charge in [-0.2, -0.15) is 0 Å². The van der Waals surface area contributed by atoms with Crippen LogP contribution in [-0.2, 0) is 11.2 Å². The number of nitrogens with zero attached hydrogens (tertiary/aromatic N) is 2. The number of hydrogen-bond acceptors (Lipinski definition) is 3. The first kappa shape index (κ1) is 20.3. The van der Waals surface area contributed by atoms with E-state index in [1.807, 2.05) is 59.6 Å². The number of para-hydroxylation sites is 1. The molecule has 0 radical (unpaired) electrons. The van der Waals surface area contributed by atoms with E-state index in [-0.39, 0.29) is 11.8 Å². The number of hydrogen-bond donors (Lipinski definition) is 1. The number of carbonyl (C=O) groups is 1. The molecular formula is C27H27N3O2. The molecule has 32 heavy (non-hydrogen) atoms. The van der Waals surface area contributed by atoms with Crippen LogP contribution in [0.4, 0.5) is 0 Å². The van der Waals surface area contributed by atoms with Gasteiger partial charge in [0.15, 0.2) is 0 Å². The van der Waals surface area contributed by atoms with Gasteiger partial charge in [-0.3, -0.25) is 9.78 Å². The van der Waals surface area contributed by atoms with Gasteiger partial charge in [-0.1, -0.05) is 24.3 Å². The van der Waals surface area contributed by atoms with Crippen molar-refractivity contribution in [1.82, 2.24) is 14.9 Å². The molecule has 0 bridgehead atoms. The Hall–Kier alpha value is -3.60. The molecule has 0 saturated carbocycles. The summed E-state index contributed by atoms with van der Waals surface area (Å²) in [4.78, 5) is 23.3. The number of aromatic nitrogens is 2. The number of ether oxygens (including phenoxy) is 1. The zero-order valence-corrected chi connectivity index (χ0v) is 18.3. The van der Waals surface area contributed by atoms with Crippen molar-refractivity contribution in [1.29, 1.82) is 0 Å². The zero-order chi connectivity index (χ0) is 21.9. The van der Waals surface area contributed by atoms with Gasteiger partial charge in [-0.05, 0) is 60.9 Å². The lowest BCUT2D eigenvalue weighted by atomic mass is 9.93. The van der Waals surface area contributed by atoms with E-state index in [2.05, 4.69) is 23.2 Å². The minimum Gasteiger partial charge on any atom is -0.497 e. The van der Waals surface area contributed by atoms with Gasteiger partial charge >= 0.3 is 0 Å². The number of aromatic amines is 1. The van der Waals surface area contributed by atoms with Crippen molar-refractivity contribution >= 4 is 16.8 Å². The number of likely N-dealkylation sites (tertiary alicyclic amines) is 1. The maximum atomic E-state index is 13.1. The summed E-state index contributed by atoms with van der Waals surface area (Å²) in [5.74, 6) is 1.28. The lowest BCUT2D eigenvalue weighted by molar-refractivity contribution is -0.131. The fourth-order valence-corrected chi connectivity index (χ4v) is 4.60. The summed E-state index contributed by atoms with van der Waals surface area (Å²) in [6, 6.07) is 22.3. The molecule has 2 aromatic carbocycles. The van der Waals surface area contributed by atoms with E-state index in [0.29, 0.717) is 6.42 Å². The molecule has 1 atom stereocenters. The molecule has 1 aliphatic rings. The zero-order valence-electron chi connectivity index (χ0n) is 18.3. The van der Waals surface area contributed by atoms with Crippen molar-refractivity contribution in [2.45, 2.75) is 25.2 Å². The molecule has 0 aliphatic carbocycles. The molecule has 0 unspecified atom stereocenters. The normalized spacial score (nSPS) is 16.3. The third kappa shape index (κ3) is 4.11. The molecule has 0 spiro atoms. The standard InChI is InChI=1S/C27H27N3O2/c1-32-22-13-11-19(12-14-22)24-9-4-10-25(29-24)20-6-5-15-30(18-20)27(31)16-21-17-28-26-8-3-2-7-23(21)26/h2-4,7-14,17,20,28H,5-6,15-16,18H2,1H3/t20-/m1/s1. The van der Waals surface area contributed by atoms with Gasteiger partial charge < -0.3 is 14.6 Å². The second-order valence-electron chi connectivity index (χ2n) is 8.39. The lowest BCUT2D eigenvalue weighted by Gasteiger charge is -2.32. The quantitative estimate of drug-likeness (QED) is 0.479. The molecule has 1 amide bonds. The largest absolute Gasteiger partial charge is 0.497 e. The van der Waals surface area contributed by atoms with Crippen LogP contribution in [0.2, 0.25) is 0 Å². The van der Waals surface area contributed by atoms with Crippen molar-refractivity contribution < 1.29 is 9.53 Å². The van der Waals surface area contributed by atoms with Crippen molar-refractivity contribution in [3.05, 3.63) is 84.2 Å². The predicted molar refractivity (Wildman–Crippen MR) is 127 cm³/mol. The topological polar surface area (TPSA) is 58.2 Å². The molecule has 4 aromatic rings. The molecular weight excluding hydrogens is 398 g/mol. The number of methoxy groups -OCH3 is 1. The van der Waals surface area contributed by atoms with Gasteiger partial charge in [0.05, 0.1) is 19.2 Å². The Kier molecular flexibility index (Phi) is 5.63. The Morgan fingerprint density at radius 2 is 1.94 bits per heavy atom. The number of benzene rings is 2. The minimum atomic E-state index is 0.186. The van der Waals surface area contributed by atoms with E-state index in [1.54, 1.807) is 7.11 Å². The van der Waals surface area contributed by atoms with Crippen molar-refractivity contribution in [3.8, 4) is 17.0 Å². The van der Waals surface area contributed by atoms with E-state index in [1.165, 1.54) is 0 Å². The van der Waals surface area contributed by atoms with E-state index < -0.39 is 0 Å². The SMILES string of the molecule is COc1ccc(-c2cccc([C@@H]3CCCN(C(=O)Cc4c[nH]c5ccccc45)C3)n2)cc1. The predicted octanol–water partition coefficient (Wildman–Crippen LogP) is 5.19. The van der Waals surface area contributed by atoms with Gasteiger partial charge in [0.25, 0.3) is 0 Å². The number of H-pyrrole nitrogens is 1. The number of piperidine rings is 1. The Bertz CT molecular complexity index is 1230. The maximum absolute atomic E-state index is 13.1. The molecule has 5 rings (SSSR count). The number of fused-ring (bicyclic) bond motifs is 1. The summed E-state index contributed by atoms with van der Waals surface area (Å²) in [6.07, 6.45) is 4.44. The molecule has 3 heterocycles. The monoisotopic (exact) mass is 425 g/mol. The van der Waals surface area contributed by atoms with Gasteiger partial charge in [-0.25, -0.2) is 0 Å². The number of amides is 1. The van der Waals surface area contributed by atoms with Crippen molar-refractivity contribution in [2.24, 2.45) is 0 Å². The molecule has 5 nitrogen and oxygen atoms in total. The summed E-state index contributed by atoms with van der Waals surface area (Å²) in [7, 11) is 1.67. The number of pyridine rings is 1. The van der Waals surface area contributed by atoms with Crippen LogP contribution in [0.3, 0.4) is 0 Å². The van der Waals surface area contributed by atoms with Crippen LogP contribution >= 0.6 is 0 Å². The number of rotatable bonds is 5. The summed E-state index contributed by atoms with van der Waals surface area (Å²) in [6.45, 7) is 1.54. The first-order chi connectivity index (χ1) is 15.7. The molecule has 1 N–H and O–H groups in total. The molecule has 1 aliphatic heterocycles. The highest BCUT2D eigenvalue weighted by Crippen LogP contribution is 2.29. The average Bonchev–Trinajstić information content (AvgIpc) is 3.27. The second kappa shape index (κ2) is 8.87. The van der Waals surface area contributed by atoms with Crippen LogP contribution in [-0.4, -0.2) is 41.0 Å². The number of nitrogens with one attached hydrogen (secondary N) is 1. The van der Waals surface area contributed by atoms with Gasteiger partial charge in [0.2, 0.25) is 5.91 Å². The summed E-state index contributed by atoms with van der Waals surface area (Å²) in [5.41, 5.74) is 5.21. The maximum Gasteiger partial charge on any atom is 0.227 e. The van der Waals surface area contributed by atoms with E-state index in [4.69, 9.17) is 9.72 Å². The minimum absolute atomic E-state index is 0.186. The van der Waals surface area contributed by atoms with Gasteiger partial charge in [0.1, 0.15) is 5.75 Å². The molecule has 1 saturated heterocycles. The Morgan fingerprint density at radius 1 is 1.09 bits per heavy atom. The van der Waals surface area contributed by atoms with Gasteiger partial charge in [-0.15, -0.1) is 0 Å². The second-order valence-corrected chi connectivity index (χ2v) is 8.39. The van der Waals surface area contributed by atoms with Crippen LogP contribution in [0.1, 0.15) is 30.0 Å². The van der Waals surface area contributed by atoms with E-state index in [9.17, 15) is 4.79 Å². The Morgan fingerprint density at radius 3 is 2.78 bits per heavy atom. The average molecular weight is 426 g/mol. The summed E-state index contributed by atoms with van der Waals surface area (Å²) in [5, 5.41) is 1.13. The van der Waals surface area contributed by atoms with Gasteiger partial charge in [0, 0.05) is 47.4 Å². The van der Waals surface area contributed by atoms with Crippen LogP contribution in [0.25, 0.3) is 22.2 Å². The van der Waals surface area contributed by atoms with Crippen LogP contribution in [0.5, 0.6) is 5.75 Å². The Labute approximate surface area is 188 Å². The molecule has 162 valence electrons. The number of carbonyl (C=O) groups excluding carboxylic acids is 1. The van der Waals surface area contributed by atoms with E-state index in [0.717, 1.165) is 65.1 Å². The fraction of sp³-hybridized carbons (Fsp3) is 0.259. The molecule has 2 aromatic heterocycles. The first-order valence-electron chi connectivity index (χ1n) is 11.2. The van der Waals surface area contributed by atoms with Crippen LogP contribution < -0.4 is 4.74 Å². The van der Waals surface area contributed by atoms with Crippen molar-refractivity contribution in [3.63, 3.8) is 0 Å². The highest BCUT2D eigenvalue weighted by molar-refractivity contribution is 5.89. The fourth-order valence-electron chi connectivity index (χ4n) is 4.60. The molecule has 1 fully saturated rings. The lowest BCUT2D eigenvalue weighted by Crippen LogP contribution is -2.40. The smallest absolute Gasteiger partial charge is 0.227 e. The highest BCUT2D eigenvalue weighted by atomic mass is 16.5. The van der Waals surface area contributed by atoms with Crippen molar-refractivity contribution in [2.75, 3.05) is 20.2 Å². The first-order valence-corrected chi connectivity index (χ1v) is 11.2. The summed E-state index contributed by atoms with van der Waals surface area (Å²) >= 11 is 0. The third-order valence-corrected chi connectivity index (χ3v) is 6.37. The third-order valence-electron chi connectivity index (χ3n) is 6.37. The Balaban J connectivity index is 1.31. The van der Waals surface area contributed by atoms with Crippen LogP contribution in [0.15, 0.2) is 72.9 Å². The summed E-state index contributed by atoms with van der Waals surface area (Å²) < 4.78 is 5.26.